The Labute approximate surface area is 109 Å². The number of halogens is 1. The van der Waals surface area contributed by atoms with Gasteiger partial charge >= 0.3 is 0 Å². The largest absolute Gasteiger partial charge is 0.357 e. The Hall–Kier alpha value is -1.16. The van der Waals surface area contributed by atoms with Crippen LogP contribution in [0.2, 0.25) is 0 Å². The number of hydrogen-bond acceptors (Lipinski definition) is 3. The lowest BCUT2D eigenvalue weighted by Gasteiger charge is -2.24. The molecule has 0 amide bonds. The van der Waals surface area contributed by atoms with Gasteiger partial charge in [-0.1, -0.05) is 13.8 Å². The second-order valence-electron chi connectivity index (χ2n) is 4.39. The van der Waals surface area contributed by atoms with E-state index in [1.54, 1.807) is 6.07 Å². The molecule has 0 aliphatic carbocycles. The van der Waals surface area contributed by atoms with Crippen molar-refractivity contribution in [2.45, 2.75) is 40.2 Å². The van der Waals surface area contributed by atoms with Crippen molar-refractivity contribution in [2.24, 2.45) is 0 Å². The maximum Gasteiger partial charge on any atom is 0.141 e. The van der Waals surface area contributed by atoms with Crippen LogP contribution in [0.1, 0.15) is 39.2 Å². The molecule has 0 saturated heterocycles. The average molecular weight is 253 g/mol. The molecule has 0 bridgehead atoms. The average Bonchev–Trinajstić information content (AvgIpc) is 2.37. The van der Waals surface area contributed by atoms with Gasteiger partial charge in [0.2, 0.25) is 0 Å². The topological polar surface area (TPSA) is 28.2 Å². The molecule has 0 atom stereocenters. The highest BCUT2D eigenvalue weighted by atomic mass is 19.1. The SMILES string of the molecule is CCCNCc1cc(F)cnc1N(CC)CCC. The molecule has 102 valence electrons. The van der Waals surface area contributed by atoms with Gasteiger partial charge in [-0.05, 0) is 32.4 Å². The van der Waals surface area contributed by atoms with Crippen LogP contribution < -0.4 is 10.2 Å². The second-order valence-corrected chi connectivity index (χ2v) is 4.39. The third-order valence-corrected chi connectivity index (χ3v) is 2.83. The van der Waals surface area contributed by atoms with E-state index in [0.717, 1.165) is 43.9 Å². The molecule has 1 aromatic rings. The van der Waals surface area contributed by atoms with Gasteiger partial charge in [0.1, 0.15) is 11.6 Å². The number of anilines is 1. The molecule has 1 aromatic heterocycles. The molecular formula is C14H24FN3. The van der Waals surface area contributed by atoms with Crippen molar-refractivity contribution in [2.75, 3.05) is 24.5 Å². The molecule has 0 aliphatic heterocycles. The minimum atomic E-state index is -0.264. The van der Waals surface area contributed by atoms with Gasteiger partial charge < -0.3 is 10.2 Å². The lowest BCUT2D eigenvalue weighted by molar-refractivity contribution is 0.609. The van der Waals surface area contributed by atoms with Crippen LogP contribution in [0.15, 0.2) is 12.3 Å². The highest BCUT2D eigenvalue weighted by molar-refractivity contribution is 5.46. The summed E-state index contributed by atoms with van der Waals surface area (Å²) in [6.45, 7) is 9.82. The third-order valence-electron chi connectivity index (χ3n) is 2.83. The first kappa shape index (κ1) is 14.9. The summed E-state index contributed by atoms with van der Waals surface area (Å²) in [5.41, 5.74) is 0.943. The van der Waals surface area contributed by atoms with Gasteiger partial charge in [-0.15, -0.1) is 0 Å². The lowest BCUT2D eigenvalue weighted by atomic mass is 10.2. The molecule has 0 fully saturated rings. The predicted octanol–water partition coefficient (Wildman–Crippen LogP) is 2.96. The molecule has 1 N–H and O–H groups in total. The van der Waals surface area contributed by atoms with Crippen LogP contribution in [-0.4, -0.2) is 24.6 Å². The number of aromatic nitrogens is 1. The Morgan fingerprint density at radius 1 is 1.28 bits per heavy atom. The minimum absolute atomic E-state index is 0.264. The molecule has 0 saturated carbocycles. The normalized spacial score (nSPS) is 10.7. The van der Waals surface area contributed by atoms with E-state index < -0.39 is 0 Å². The fraction of sp³-hybridized carbons (Fsp3) is 0.643. The van der Waals surface area contributed by atoms with Crippen LogP contribution in [0.5, 0.6) is 0 Å². The van der Waals surface area contributed by atoms with Gasteiger partial charge in [0.25, 0.3) is 0 Å². The van der Waals surface area contributed by atoms with Gasteiger partial charge in [-0.2, -0.15) is 0 Å². The van der Waals surface area contributed by atoms with Crippen molar-refractivity contribution in [1.82, 2.24) is 10.3 Å². The number of pyridine rings is 1. The Morgan fingerprint density at radius 3 is 2.67 bits per heavy atom. The van der Waals surface area contributed by atoms with Crippen LogP contribution in [0.4, 0.5) is 10.2 Å². The van der Waals surface area contributed by atoms with E-state index in [1.807, 2.05) is 0 Å². The van der Waals surface area contributed by atoms with Crippen LogP contribution >= 0.6 is 0 Å². The van der Waals surface area contributed by atoms with E-state index in [0.29, 0.717) is 6.54 Å². The monoisotopic (exact) mass is 253 g/mol. The third kappa shape index (κ3) is 4.26. The van der Waals surface area contributed by atoms with Gasteiger partial charge in [0.05, 0.1) is 6.20 Å². The van der Waals surface area contributed by atoms with E-state index in [9.17, 15) is 4.39 Å². The van der Waals surface area contributed by atoms with Crippen molar-refractivity contribution in [3.05, 3.63) is 23.6 Å². The van der Waals surface area contributed by atoms with Crippen molar-refractivity contribution in [3.63, 3.8) is 0 Å². The Kier molecular flexibility index (Phi) is 6.65. The molecule has 1 rings (SSSR count). The minimum Gasteiger partial charge on any atom is -0.357 e. The first-order valence-electron chi connectivity index (χ1n) is 6.82. The number of nitrogens with zero attached hydrogens (tertiary/aromatic N) is 2. The standard InChI is InChI=1S/C14H24FN3/c1-4-7-16-10-12-9-13(15)11-17-14(12)18(6-3)8-5-2/h9,11,16H,4-8,10H2,1-3H3. The summed E-state index contributed by atoms with van der Waals surface area (Å²) >= 11 is 0. The zero-order valence-electron chi connectivity index (χ0n) is 11.7. The van der Waals surface area contributed by atoms with Gasteiger partial charge in [0, 0.05) is 25.2 Å². The van der Waals surface area contributed by atoms with E-state index in [1.165, 1.54) is 6.20 Å². The summed E-state index contributed by atoms with van der Waals surface area (Å²) in [5, 5.41) is 3.31. The van der Waals surface area contributed by atoms with Crippen LogP contribution in [0, 0.1) is 5.82 Å². The Balaban J connectivity index is 2.86. The molecule has 4 heteroatoms. The molecule has 3 nitrogen and oxygen atoms in total. The zero-order valence-corrected chi connectivity index (χ0v) is 11.7. The molecule has 1 heterocycles. The molecular weight excluding hydrogens is 229 g/mol. The molecule has 0 aliphatic rings. The molecule has 18 heavy (non-hydrogen) atoms. The van der Waals surface area contributed by atoms with Gasteiger partial charge in [-0.3, -0.25) is 0 Å². The first-order chi connectivity index (χ1) is 8.72. The van der Waals surface area contributed by atoms with E-state index in [-0.39, 0.29) is 5.82 Å². The van der Waals surface area contributed by atoms with Crippen molar-refractivity contribution in [3.8, 4) is 0 Å². The summed E-state index contributed by atoms with van der Waals surface area (Å²) < 4.78 is 13.3. The first-order valence-corrected chi connectivity index (χ1v) is 6.82. The van der Waals surface area contributed by atoms with E-state index >= 15 is 0 Å². The molecule has 0 aromatic carbocycles. The second kappa shape index (κ2) is 8.03. The van der Waals surface area contributed by atoms with Crippen LogP contribution in [-0.2, 0) is 6.54 Å². The fourth-order valence-corrected chi connectivity index (χ4v) is 1.97. The van der Waals surface area contributed by atoms with Gasteiger partial charge in [0.15, 0.2) is 0 Å². The van der Waals surface area contributed by atoms with Gasteiger partial charge in [-0.25, -0.2) is 9.37 Å². The maximum atomic E-state index is 13.3. The summed E-state index contributed by atoms with van der Waals surface area (Å²) in [6, 6.07) is 1.59. The van der Waals surface area contributed by atoms with Crippen molar-refractivity contribution < 1.29 is 4.39 Å². The summed E-state index contributed by atoms with van der Waals surface area (Å²) in [6.07, 6.45) is 3.44. The van der Waals surface area contributed by atoms with Crippen molar-refractivity contribution in [1.29, 1.82) is 0 Å². The van der Waals surface area contributed by atoms with Crippen LogP contribution in [0.25, 0.3) is 0 Å². The molecule has 0 unspecified atom stereocenters. The lowest BCUT2D eigenvalue weighted by Crippen LogP contribution is -2.27. The summed E-state index contributed by atoms with van der Waals surface area (Å²) in [7, 11) is 0. The fourth-order valence-electron chi connectivity index (χ4n) is 1.97. The predicted molar refractivity (Wildman–Crippen MR) is 74.4 cm³/mol. The Bertz CT molecular complexity index is 355. The number of nitrogens with one attached hydrogen (secondary N) is 1. The quantitative estimate of drug-likeness (QED) is 0.722. The zero-order chi connectivity index (χ0) is 13.4. The molecule has 0 radical (unpaired) electrons. The van der Waals surface area contributed by atoms with E-state index in [4.69, 9.17) is 0 Å². The highest BCUT2D eigenvalue weighted by Crippen LogP contribution is 2.18. The number of rotatable bonds is 8. The summed E-state index contributed by atoms with van der Waals surface area (Å²) in [4.78, 5) is 6.45. The highest BCUT2D eigenvalue weighted by Gasteiger charge is 2.11. The van der Waals surface area contributed by atoms with E-state index in [2.05, 4.69) is 36.0 Å². The maximum absolute atomic E-state index is 13.3. The van der Waals surface area contributed by atoms with Crippen molar-refractivity contribution >= 4 is 5.82 Å². The smallest absolute Gasteiger partial charge is 0.141 e. The Morgan fingerprint density at radius 2 is 2.06 bits per heavy atom. The summed E-state index contributed by atoms with van der Waals surface area (Å²) in [5.74, 6) is 0.643. The van der Waals surface area contributed by atoms with Crippen LogP contribution in [0.3, 0.4) is 0 Å². The number of hydrogen-bond donors (Lipinski definition) is 1. The molecule has 0 spiro atoms.